The molecule has 38 heavy (non-hydrogen) atoms. The Morgan fingerprint density at radius 2 is 1.00 bits per heavy atom. The summed E-state index contributed by atoms with van der Waals surface area (Å²) in [5.74, 6) is -1.21. The van der Waals surface area contributed by atoms with Gasteiger partial charge in [-0.2, -0.15) is 43.2 Å². The fourth-order valence-corrected chi connectivity index (χ4v) is 5.57. The molecule has 0 radical (unpaired) electrons. The molecule has 0 atom stereocenters. The van der Waals surface area contributed by atoms with Crippen LogP contribution in [0.3, 0.4) is 0 Å². The quantitative estimate of drug-likeness (QED) is 0.446. The van der Waals surface area contributed by atoms with E-state index in [0.29, 0.717) is 22.3 Å². The Balaban J connectivity index is 1.78. The number of halogens is 6. The monoisotopic (exact) mass is 580 g/mol. The van der Waals surface area contributed by atoms with Gasteiger partial charge in [-0.05, 0) is 11.1 Å². The van der Waals surface area contributed by atoms with Gasteiger partial charge in [0, 0.05) is 47.8 Å². The number of rotatable bonds is 5. The first-order chi connectivity index (χ1) is 17.6. The first-order valence-electron chi connectivity index (χ1n) is 10.6. The van der Waals surface area contributed by atoms with Crippen molar-refractivity contribution in [1.82, 2.24) is 8.61 Å². The summed E-state index contributed by atoms with van der Waals surface area (Å²) in [6.07, 6.45) is 8.04. The van der Waals surface area contributed by atoms with E-state index in [2.05, 4.69) is 0 Å². The van der Waals surface area contributed by atoms with E-state index >= 15 is 0 Å². The van der Waals surface area contributed by atoms with Crippen molar-refractivity contribution in [2.75, 3.05) is 7.11 Å². The normalized spacial score (nSPS) is 17.6. The number of methoxy groups -OCH3 is 1. The Bertz CT molecular complexity index is 1400. The molecule has 204 valence electrons. The van der Waals surface area contributed by atoms with Gasteiger partial charge in [0.15, 0.2) is 0 Å². The van der Waals surface area contributed by atoms with Crippen LogP contribution in [0.15, 0.2) is 79.4 Å². The first kappa shape index (κ1) is 27.6. The Morgan fingerprint density at radius 1 is 0.658 bits per heavy atom. The number of fused-ring (bicyclic) bond motifs is 1. The Labute approximate surface area is 214 Å². The SMILES string of the molecule is COc1c(C2C=CN(S(=O)(=O)C(F)(F)F)C=C2)c2cccccc-2c1C1C=CN(S(=O)(=O)C(F)(F)F)C=C1. The van der Waals surface area contributed by atoms with Gasteiger partial charge in [-0.15, -0.1) is 0 Å². The minimum atomic E-state index is -5.64. The summed E-state index contributed by atoms with van der Waals surface area (Å²) in [6.45, 7) is 0. The van der Waals surface area contributed by atoms with Gasteiger partial charge in [-0.3, -0.25) is 0 Å². The molecule has 0 aromatic carbocycles. The van der Waals surface area contributed by atoms with Crippen molar-refractivity contribution in [2.45, 2.75) is 22.9 Å². The first-order valence-corrected chi connectivity index (χ1v) is 13.5. The standard InChI is InChI=1S/C23H18F6N2O5S2/c1-36-21-19(15-7-11-30(12-8-15)37(32,33)22(24,25)26)17-5-3-2-4-6-18(17)20(21)16-9-13-31(14-10-16)38(34,35)23(27,28)29/h2-16H,1H3. The molecule has 0 aromatic rings. The molecule has 0 amide bonds. The molecule has 7 nitrogen and oxygen atoms in total. The second kappa shape index (κ2) is 9.38. The average molecular weight is 581 g/mol. The molecule has 4 rings (SSSR count). The van der Waals surface area contributed by atoms with E-state index in [1.807, 2.05) is 0 Å². The van der Waals surface area contributed by atoms with Gasteiger partial charge in [0.05, 0.1) is 7.11 Å². The number of ether oxygens (including phenoxy) is 1. The van der Waals surface area contributed by atoms with Gasteiger partial charge >= 0.3 is 31.1 Å². The van der Waals surface area contributed by atoms with Crippen molar-refractivity contribution in [1.29, 1.82) is 0 Å². The molecular formula is C23H18F6N2O5S2. The lowest BCUT2D eigenvalue weighted by molar-refractivity contribution is -0.0474. The molecule has 0 spiro atoms. The zero-order valence-corrected chi connectivity index (χ0v) is 20.8. The van der Waals surface area contributed by atoms with Gasteiger partial charge in [0.2, 0.25) is 0 Å². The number of allylic oxidation sites excluding steroid dienone is 4. The third-order valence-electron chi connectivity index (χ3n) is 5.88. The lowest BCUT2D eigenvalue weighted by atomic mass is 9.95. The fraction of sp³-hybridized carbons (Fsp3) is 0.217. The molecule has 15 heteroatoms. The molecule has 2 heterocycles. The van der Waals surface area contributed by atoms with Crippen LogP contribution < -0.4 is 4.74 Å². The molecule has 2 aliphatic heterocycles. The minimum Gasteiger partial charge on any atom is -0.496 e. The minimum absolute atomic E-state index is 0.0459. The van der Waals surface area contributed by atoms with Crippen molar-refractivity contribution in [3.63, 3.8) is 0 Å². The predicted octanol–water partition coefficient (Wildman–Crippen LogP) is 5.35. The Morgan fingerprint density at radius 3 is 1.29 bits per heavy atom. The van der Waals surface area contributed by atoms with Crippen molar-refractivity contribution >= 4 is 20.0 Å². The van der Waals surface area contributed by atoms with Crippen LogP contribution in [0.4, 0.5) is 26.3 Å². The molecule has 0 bridgehead atoms. The maximum absolute atomic E-state index is 12.9. The van der Waals surface area contributed by atoms with Crippen molar-refractivity contribution in [3.8, 4) is 16.9 Å². The maximum atomic E-state index is 12.9. The molecule has 4 aliphatic rings. The van der Waals surface area contributed by atoms with E-state index in [1.54, 1.807) is 30.3 Å². The van der Waals surface area contributed by atoms with E-state index in [-0.39, 0.29) is 14.4 Å². The van der Waals surface area contributed by atoms with Gasteiger partial charge in [-0.25, -0.2) is 8.61 Å². The maximum Gasteiger partial charge on any atom is 0.517 e. The summed E-state index contributed by atoms with van der Waals surface area (Å²) < 4.78 is 130. The van der Waals surface area contributed by atoms with Crippen LogP contribution in [-0.4, -0.2) is 43.6 Å². The number of nitrogens with zero attached hydrogens (tertiary/aromatic N) is 2. The summed E-state index contributed by atoms with van der Waals surface area (Å²) in [7, 11) is -9.95. The third-order valence-corrected chi connectivity index (χ3v) is 8.65. The van der Waals surface area contributed by atoms with Gasteiger partial charge in [-0.1, -0.05) is 54.6 Å². The van der Waals surface area contributed by atoms with Crippen LogP contribution in [0.25, 0.3) is 11.1 Å². The molecule has 0 fully saturated rings. The van der Waals surface area contributed by atoms with Gasteiger partial charge in [0.1, 0.15) is 5.75 Å². The highest BCUT2D eigenvalue weighted by molar-refractivity contribution is 7.90. The second-order valence-electron chi connectivity index (χ2n) is 8.08. The summed E-state index contributed by atoms with van der Waals surface area (Å²) in [5.41, 5.74) is -8.91. The Kier molecular flexibility index (Phi) is 6.80. The summed E-state index contributed by atoms with van der Waals surface area (Å²) >= 11 is 0. The highest BCUT2D eigenvalue weighted by Gasteiger charge is 2.50. The largest absolute Gasteiger partial charge is 0.517 e. The molecule has 0 saturated carbocycles. The zero-order valence-electron chi connectivity index (χ0n) is 19.2. The fourth-order valence-electron chi connectivity index (χ4n) is 4.17. The van der Waals surface area contributed by atoms with Crippen LogP contribution in [-0.2, 0) is 20.0 Å². The van der Waals surface area contributed by atoms with Gasteiger partial charge < -0.3 is 4.74 Å². The van der Waals surface area contributed by atoms with E-state index in [9.17, 15) is 43.2 Å². The van der Waals surface area contributed by atoms with Gasteiger partial charge in [0.25, 0.3) is 0 Å². The highest BCUT2D eigenvalue weighted by Crippen LogP contribution is 2.51. The Hall–Kier alpha value is -3.46. The average Bonchev–Trinajstić information content (AvgIpc) is 2.97. The topological polar surface area (TPSA) is 84.0 Å². The predicted molar refractivity (Wildman–Crippen MR) is 125 cm³/mol. The molecule has 0 aromatic heterocycles. The summed E-state index contributed by atoms with van der Waals surface area (Å²) in [5, 5.41) is 0. The lowest BCUT2D eigenvalue weighted by Crippen LogP contribution is -2.35. The smallest absolute Gasteiger partial charge is 0.496 e. The highest BCUT2D eigenvalue weighted by atomic mass is 32.2. The van der Waals surface area contributed by atoms with E-state index in [0.717, 1.165) is 24.8 Å². The lowest BCUT2D eigenvalue weighted by Gasteiger charge is -2.24. The molecule has 0 saturated heterocycles. The second-order valence-corrected chi connectivity index (χ2v) is 11.7. The van der Waals surface area contributed by atoms with E-state index in [1.165, 1.54) is 31.4 Å². The molecular weight excluding hydrogens is 562 g/mol. The van der Waals surface area contributed by atoms with Crippen LogP contribution in [0.2, 0.25) is 0 Å². The van der Waals surface area contributed by atoms with Crippen LogP contribution in [0.5, 0.6) is 5.75 Å². The van der Waals surface area contributed by atoms with Crippen LogP contribution >= 0.6 is 0 Å². The number of alkyl halides is 6. The number of hydrogen-bond donors (Lipinski definition) is 0. The third kappa shape index (κ3) is 4.53. The van der Waals surface area contributed by atoms with Crippen LogP contribution in [0.1, 0.15) is 23.0 Å². The van der Waals surface area contributed by atoms with E-state index < -0.39 is 42.9 Å². The van der Waals surface area contributed by atoms with Crippen molar-refractivity contribution < 1.29 is 47.9 Å². The zero-order chi connectivity index (χ0) is 28.1. The molecule has 0 unspecified atom stereocenters. The van der Waals surface area contributed by atoms with Crippen molar-refractivity contribution in [3.05, 3.63) is 90.6 Å². The summed E-state index contributed by atoms with van der Waals surface area (Å²) in [4.78, 5) is 0. The summed E-state index contributed by atoms with van der Waals surface area (Å²) in [6, 6.07) is 8.49. The van der Waals surface area contributed by atoms with Crippen molar-refractivity contribution in [2.24, 2.45) is 0 Å². The number of sulfonamides is 2. The molecule has 0 N–H and O–H groups in total. The number of hydrogen-bond acceptors (Lipinski definition) is 5. The molecule has 2 aliphatic carbocycles. The van der Waals surface area contributed by atoms with E-state index in [4.69, 9.17) is 4.74 Å². The van der Waals surface area contributed by atoms with Crippen LogP contribution in [0, 0.1) is 0 Å².